The summed E-state index contributed by atoms with van der Waals surface area (Å²) in [5, 5.41) is 11.6. The number of nitro benzene ring substituents is 1. The maximum atomic E-state index is 13.1. The summed E-state index contributed by atoms with van der Waals surface area (Å²) in [5.41, 5.74) is 7.37. The molecular weight excluding hydrogens is 534 g/mol. The first kappa shape index (κ1) is 21.1. The zero-order valence-corrected chi connectivity index (χ0v) is 19.5. The molecule has 0 fully saturated rings. The summed E-state index contributed by atoms with van der Waals surface area (Å²) in [4.78, 5) is 36.5. The molecule has 0 saturated heterocycles. The van der Waals surface area contributed by atoms with Crippen LogP contribution in [0.25, 0.3) is 27.8 Å². The third-order valence-electron chi connectivity index (χ3n) is 5.11. The van der Waals surface area contributed by atoms with Gasteiger partial charge in [0.2, 0.25) is 0 Å². The monoisotopic (exact) mass is 547 g/mol. The summed E-state index contributed by atoms with van der Waals surface area (Å²) < 4.78 is 5.36. The summed E-state index contributed by atoms with van der Waals surface area (Å²) in [7, 11) is 2.97. The Kier molecular flexibility index (Phi) is 5.10. The van der Waals surface area contributed by atoms with E-state index in [0.717, 1.165) is 4.57 Å². The van der Waals surface area contributed by atoms with Crippen LogP contribution in [0.4, 0.5) is 11.4 Å². The van der Waals surface area contributed by atoms with Crippen LogP contribution in [0.1, 0.15) is 0 Å². The first-order valence-electron chi connectivity index (χ1n) is 8.92. The lowest BCUT2D eigenvalue weighted by atomic mass is 10.1. The molecule has 4 rings (SSSR count). The number of fused-ring (bicyclic) bond motifs is 1. The zero-order valence-electron chi connectivity index (χ0n) is 16.3. The maximum absolute atomic E-state index is 13.1. The molecule has 0 aliphatic heterocycles. The van der Waals surface area contributed by atoms with Crippen molar-refractivity contribution in [3.63, 3.8) is 0 Å². The van der Waals surface area contributed by atoms with Crippen LogP contribution >= 0.6 is 31.9 Å². The van der Waals surface area contributed by atoms with Gasteiger partial charge in [-0.15, -0.1) is 0 Å². The topological polar surface area (TPSA) is 118 Å². The summed E-state index contributed by atoms with van der Waals surface area (Å²) in [5.74, 6) is 0. The van der Waals surface area contributed by atoms with E-state index in [2.05, 4.69) is 31.9 Å². The first-order chi connectivity index (χ1) is 14.6. The van der Waals surface area contributed by atoms with Gasteiger partial charge in [-0.1, -0.05) is 12.1 Å². The van der Waals surface area contributed by atoms with Crippen LogP contribution in [-0.2, 0) is 14.1 Å². The lowest BCUT2D eigenvalue weighted by Gasteiger charge is -2.12. The summed E-state index contributed by atoms with van der Waals surface area (Å²) in [6, 6.07) is 9.55. The maximum Gasteiger partial charge on any atom is 0.330 e. The summed E-state index contributed by atoms with van der Waals surface area (Å²) >= 11 is 6.85. The van der Waals surface area contributed by atoms with Crippen molar-refractivity contribution < 1.29 is 4.92 Å². The van der Waals surface area contributed by atoms with Crippen LogP contribution in [0.2, 0.25) is 0 Å². The summed E-state index contributed by atoms with van der Waals surface area (Å²) in [6.45, 7) is 0. The van der Waals surface area contributed by atoms with Gasteiger partial charge in [0, 0.05) is 52.6 Å². The number of nitro groups is 1. The lowest BCUT2D eigenvalue weighted by molar-refractivity contribution is -0.384. The van der Waals surface area contributed by atoms with E-state index in [1.807, 2.05) is 0 Å². The quantitative estimate of drug-likeness (QED) is 0.238. The third kappa shape index (κ3) is 3.29. The van der Waals surface area contributed by atoms with Gasteiger partial charge in [-0.3, -0.25) is 24.0 Å². The molecule has 0 aliphatic rings. The van der Waals surface area contributed by atoms with E-state index in [1.54, 1.807) is 42.1 Å². The Hall–Kier alpha value is -3.18. The smallest absolute Gasteiger partial charge is 0.330 e. The van der Waals surface area contributed by atoms with Crippen LogP contribution in [0.15, 0.2) is 61.1 Å². The number of anilines is 1. The van der Waals surface area contributed by atoms with Gasteiger partial charge in [0.05, 0.1) is 27.2 Å². The highest BCUT2D eigenvalue weighted by Crippen LogP contribution is 2.36. The van der Waals surface area contributed by atoms with Crippen LogP contribution < -0.4 is 17.0 Å². The molecule has 0 spiro atoms. The van der Waals surface area contributed by atoms with E-state index in [0.29, 0.717) is 37.1 Å². The van der Waals surface area contributed by atoms with E-state index >= 15 is 0 Å². The van der Waals surface area contributed by atoms with Crippen molar-refractivity contribution in [2.75, 3.05) is 5.73 Å². The Morgan fingerprint density at radius 2 is 1.68 bits per heavy atom. The van der Waals surface area contributed by atoms with Crippen LogP contribution in [0, 0.1) is 10.1 Å². The minimum atomic E-state index is -0.497. The molecule has 0 bridgehead atoms. The molecule has 0 amide bonds. The molecule has 0 atom stereocenters. The van der Waals surface area contributed by atoms with Crippen LogP contribution in [-0.4, -0.2) is 18.6 Å². The molecular formula is C20H15Br2N5O4. The molecule has 158 valence electrons. The number of benzene rings is 2. The fourth-order valence-corrected chi connectivity index (χ4v) is 4.67. The van der Waals surface area contributed by atoms with E-state index in [1.165, 1.54) is 23.7 Å². The van der Waals surface area contributed by atoms with Crippen molar-refractivity contribution in [2.45, 2.75) is 0 Å². The first-order valence-corrected chi connectivity index (χ1v) is 10.5. The van der Waals surface area contributed by atoms with Crippen LogP contribution in [0.5, 0.6) is 0 Å². The molecule has 31 heavy (non-hydrogen) atoms. The number of nitrogens with two attached hydrogens (primary N) is 1. The number of hydrogen-bond donors (Lipinski definition) is 1. The Balaban J connectivity index is 2.21. The van der Waals surface area contributed by atoms with Gasteiger partial charge in [0.15, 0.2) is 0 Å². The number of rotatable bonds is 3. The zero-order chi connectivity index (χ0) is 22.6. The van der Waals surface area contributed by atoms with E-state index < -0.39 is 16.2 Å². The molecule has 4 aromatic rings. The van der Waals surface area contributed by atoms with E-state index in [4.69, 9.17) is 5.73 Å². The van der Waals surface area contributed by atoms with Gasteiger partial charge in [-0.25, -0.2) is 4.79 Å². The number of halogens is 2. The van der Waals surface area contributed by atoms with Gasteiger partial charge < -0.3 is 10.3 Å². The average molecular weight is 549 g/mol. The molecule has 0 unspecified atom stereocenters. The number of nitrogen functional groups attached to an aromatic ring is 1. The average Bonchev–Trinajstić information content (AvgIpc) is 3.15. The van der Waals surface area contributed by atoms with Gasteiger partial charge in [0.1, 0.15) is 0 Å². The highest BCUT2D eigenvalue weighted by atomic mass is 79.9. The van der Waals surface area contributed by atoms with Crippen molar-refractivity contribution in [1.82, 2.24) is 13.7 Å². The van der Waals surface area contributed by atoms with Crippen molar-refractivity contribution in [3.05, 3.63) is 82.5 Å². The normalized spacial score (nSPS) is 11.2. The number of hydrogen-bond acceptors (Lipinski definition) is 5. The van der Waals surface area contributed by atoms with Gasteiger partial charge in [-0.2, -0.15) is 0 Å². The molecule has 2 heterocycles. The minimum Gasteiger partial charge on any atom is -0.397 e. The van der Waals surface area contributed by atoms with Crippen LogP contribution in [0.3, 0.4) is 0 Å². The van der Waals surface area contributed by atoms with Crippen molar-refractivity contribution >= 4 is 54.1 Å². The minimum absolute atomic E-state index is 0.111. The Morgan fingerprint density at radius 3 is 2.29 bits per heavy atom. The molecule has 0 radical (unpaired) electrons. The second-order valence-corrected chi connectivity index (χ2v) is 8.65. The molecule has 0 aliphatic carbocycles. The molecule has 2 N–H and O–H groups in total. The number of aryl methyl sites for hydroxylation is 1. The SMILES string of the molecule is Cn1c(=O)c2c(-c3cccc([N+](=O)[O-])c3)n(-c3cc(Br)c(N)c(Br)c3)cc2n(C)c1=O. The second-order valence-electron chi connectivity index (χ2n) is 6.94. The third-order valence-corrected chi connectivity index (χ3v) is 6.42. The lowest BCUT2D eigenvalue weighted by Crippen LogP contribution is -2.36. The predicted molar refractivity (Wildman–Crippen MR) is 126 cm³/mol. The van der Waals surface area contributed by atoms with Crippen molar-refractivity contribution in [2.24, 2.45) is 14.1 Å². The van der Waals surface area contributed by atoms with Crippen molar-refractivity contribution in [1.29, 1.82) is 0 Å². The highest BCUT2D eigenvalue weighted by molar-refractivity contribution is 9.11. The second kappa shape index (κ2) is 7.50. The molecule has 2 aromatic carbocycles. The van der Waals surface area contributed by atoms with Gasteiger partial charge in [0.25, 0.3) is 11.2 Å². The molecule has 0 saturated carbocycles. The highest BCUT2D eigenvalue weighted by Gasteiger charge is 2.22. The molecule has 9 nitrogen and oxygen atoms in total. The summed E-state index contributed by atoms with van der Waals surface area (Å²) in [6.07, 6.45) is 1.66. The standard InChI is InChI=1S/C20H15Br2N5O4/c1-24-15-9-26(12-7-13(21)17(23)14(22)8-12)18(16(15)19(28)25(2)20(24)29)10-4-3-5-11(6-10)27(30)31/h3-9H,23H2,1-2H3. The fourth-order valence-electron chi connectivity index (χ4n) is 3.50. The van der Waals surface area contributed by atoms with Gasteiger partial charge >= 0.3 is 5.69 Å². The number of nitrogens with zero attached hydrogens (tertiary/aromatic N) is 4. The Morgan fingerprint density at radius 1 is 1.03 bits per heavy atom. The Labute approximate surface area is 191 Å². The predicted octanol–water partition coefficient (Wildman–Crippen LogP) is 3.71. The fraction of sp³-hybridized carbons (Fsp3) is 0.100. The van der Waals surface area contributed by atoms with E-state index in [9.17, 15) is 19.7 Å². The molecule has 2 aromatic heterocycles. The van der Waals surface area contributed by atoms with Crippen molar-refractivity contribution in [3.8, 4) is 16.9 Å². The number of aromatic nitrogens is 3. The van der Waals surface area contributed by atoms with E-state index in [-0.39, 0.29) is 11.1 Å². The van der Waals surface area contributed by atoms with Gasteiger partial charge in [-0.05, 0) is 44.0 Å². The Bertz CT molecular complexity index is 1490. The largest absolute Gasteiger partial charge is 0.397 e. The number of non-ortho nitro benzene ring substituents is 1. The molecule has 11 heteroatoms.